The zero-order chi connectivity index (χ0) is 25.2. The maximum absolute atomic E-state index is 13.8. The largest absolute Gasteiger partial charge is 0.416 e. The summed E-state index contributed by atoms with van der Waals surface area (Å²) < 4.78 is 107. The molecule has 3 aromatic carbocycles. The summed E-state index contributed by atoms with van der Waals surface area (Å²) in [5.74, 6) is -13.6. The monoisotopic (exact) mass is 488 g/mol. The number of rotatable bonds is 5. The minimum Gasteiger partial charge on any atom is -0.326 e. The van der Waals surface area contributed by atoms with Crippen LogP contribution in [0.5, 0.6) is 0 Å². The van der Waals surface area contributed by atoms with Gasteiger partial charge in [-0.05, 0) is 30.3 Å². The van der Waals surface area contributed by atoms with E-state index < -0.39 is 70.3 Å². The van der Waals surface area contributed by atoms with Gasteiger partial charge in [0.05, 0.1) is 12.0 Å². The highest BCUT2D eigenvalue weighted by atomic mass is 19.4. The number of hydrogen-bond acceptors (Lipinski definition) is 2. The smallest absolute Gasteiger partial charge is 0.326 e. The van der Waals surface area contributed by atoms with Crippen molar-refractivity contribution in [1.82, 2.24) is 0 Å². The molecule has 0 heterocycles. The first kappa shape index (κ1) is 24.7. The van der Waals surface area contributed by atoms with Crippen molar-refractivity contribution in [2.75, 3.05) is 10.6 Å². The van der Waals surface area contributed by atoms with E-state index in [1.54, 1.807) is 6.07 Å². The quantitative estimate of drug-likeness (QED) is 0.270. The Bertz CT molecular complexity index is 1230. The molecule has 3 aromatic rings. The minimum absolute atomic E-state index is 0.122. The average molecular weight is 488 g/mol. The summed E-state index contributed by atoms with van der Waals surface area (Å²) in [6.07, 6.45) is -6.28. The Morgan fingerprint density at radius 3 is 1.74 bits per heavy atom. The van der Waals surface area contributed by atoms with Gasteiger partial charge in [0.2, 0.25) is 11.7 Å². The van der Waals surface area contributed by atoms with Gasteiger partial charge in [-0.2, -0.15) is 13.2 Å². The number of anilines is 2. The van der Waals surface area contributed by atoms with Crippen LogP contribution >= 0.6 is 0 Å². The molecule has 2 N–H and O–H groups in total. The molecule has 0 bridgehead atoms. The maximum Gasteiger partial charge on any atom is 0.416 e. The van der Waals surface area contributed by atoms with Crippen LogP contribution < -0.4 is 10.6 Å². The Labute approximate surface area is 186 Å². The zero-order valence-corrected chi connectivity index (χ0v) is 16.7. The first-order valence-electron chi connectivity index (χ1n) is 9.27. The molecule has 0 radical (unpaired) electrons. The van der Waals surface area contributed by atoms with Crippen LogP contribution in [0.4, 0.5) is 46.5 Å². The van der Waals surface area contributed by atoms with Crippen LogP contribution in [0, 0.1) is 29.1 Å². The van der Waals surface area contributed by atoms with Crippen LogP contribution in [-0.4, -0.2) is 11.8 Å². The lowest BCUT2D eigenvalue weighted by Gasteiger charge is -2.14. The van der Waals surface area contributed by atoms with E-state index in [1.165, 1.54) is 24.3 Å². The molecule has 0 atom stereocenters. The molecule has 4 nitrogen and oxygen atoms in total. The number of carbonyl (C=O) groups is 2. The van der Waals surface area contributed by atoms with Crippen LogP contribution in [-0.2, 0) is 17.4 Å². The van der Waals surface area contributed by atoms with E-state index >= 15 is 0 Å². The van der Waals surface area contributed by atoms with Crippen molar-refractivity contribution in [3.05, 3.63) is 94.3 Å². The summed E-state index contributed by atoms with van der Waals surface area (Å²) in [5, 5.41) is 4.12. The van der Waals surface area contributed by atoms with E-state index in [2.05, 4.69) is 5.32 Å². The van der Waals surface area contributed by atoms with Gasteiger partial charge in [-0.3, -0.25) is 9.59 Å². The molecule has 12 heteroatoms. The van der Waals surface area contributed by atoms with Gasteiger partial charge >= 0.3 is 6.18 Å². The summed E-state index contributed by atoms with van der Waals surface area (Å²) in [6, 6.07) is 9.42. The van der Waals surface area contributed by atoms with Crippen molar-refractivity contribution >= 4 is 23.2 Å². The molecular formula is C22H12F8N2O2. The highest BCUT2D eigenvalue weighted by Gasteiger charge is 2.32. The molecule has 3 rings (SSSR count). The summed E-state index contributed by atoms with van der Waals surface area (Å²) in [6.45, 7) is 0. The molecule has 0 aliphatic rings. The summed E-state index contributed by atoms with van der Waals surface area (Å²) >= 11 is 0. The molecule has 0 aromatic heterocycles. The first-order chi connectivity index (χ1) is 15.9. The lowest BCUT2D eigenvalue weighted by molar-refractivity contribution is -0.137. The molecule has 0 spiro atoms. The van der Waals surface area contributed by atoms with Crippen LogP contribution in [0.2, 0.25) is 0 Å². The Morgan fingerprint density at radius 1 is 0.706 bits per heavy atom. The lowest BCUT2D eigenvalue weighted by atomic mass is 10.1. The fraction of sp³-hybridized carbons (Fsp3) is 0.0909. The number of halogens is 8. The van der Waals surface area contributed by atoms with E-state index in [0.717, 1.165) is 6.07 Å². The third kappa shape index (κ3) is 5.33. The second kappa shape index (κ2) is 9.49. The molecule has 0 saturated carbocycles. The van der Waals surface area contributed by atoms with Crippen molar-refractivity contribution < 1.29 is 44.7 Å². The second-order valence-corrected chi connectivity index (χ2v) is 6.89. The average Bonchev–Trinajstić information content (AvgIpc) is 2.79. The van der Waals surface area contributed by atoms with Crippen LogP contribution in [0.1, 0.15) is 21.5 Å². The van der Waals surface area contributed by atoms with Crippen molar-refractivity contribution in [3.8, 4) is 0 Å². The van der Waals surface area contributed by atoms with Crippen LogP contribution in [0.15, 0.2) is 48.5 Å². The molecule has 0 aliphatic carbocycles. The van der Waals surface area contributed by atoms with Gasteiger partial charge in [0, 0.05) is 22.5 Å². The van der Waals surface area contributed by atoms with E-state index in [4.69, 9.17) is 0 Å². The highest BCUT2D eigenvalue weighted by Crippen LogP contribution is 2.34. The van der Waals surface area contributed by atoms with Crippen LogP contribution in [0.3, 0.4) is 0 Å². The van der Waals surface area contributed by atoms with Gasteiger partial charge in [0.25, 0.3) is 5.91 Å². The van der Waals surface area contributed by atoms with Gasteiger partial charge in [-0.25, -0.2) is 22.0 Å². The van der Waals surface area contributed by atoms with Gasteiger partial charge < -0.3 is 10.6 Å². The lowest BCUT2D eigenvalue weighted by Crippen LogP contribution is -2.19. The number of carbonyl (C=O) groups excluding carboxylic acids is 2. The topological polar surface area (TPSA) is 58.2 Å². The van der Waals surface area contributed by atoms with E-state index in [0.29, 0.717) is 12.1 Å². The second-order valence-electron chi connectivity index (χ2n) is 6.89. The Morgan fingerprint density at radius 2 is 1.21 bits per heavy atom. The number of hydrogen-bond donors (Lipinski definition) is 2. The fourth-order valence-electron chi connectivity index (χ4n) is 2.90. The predicted octanol–water partition coefficient (Wildman–Crippen LogP) is 5.83. The Hall–Kier alpha value is -3.96. The Kier molecular flexibility index (Phi) is 6.89. The molecule has 178 valence electrons. The van der Waals surface area contributed by atoms with Crippen molar-refractivity contribution in [3.63, 3.8) is 0 Å². The number of nitrogens with one attached hydrogen (secondary N) is 2. The molecular weight excluding hydrogens is 476 g/mol. The zero-order valence-electron chi connectivity index (χ0n) is 16.7. The van der Waals surface area contributed by atoms with Crippen molar-refractivity contribution in [2.24, 2.45) is 0 Å². The molecule has 34 heavy (non-hydrogen) atoms. The summed E-state index contributed by atoms with van der Waals surface area (Å²) in [5.41, 5.74) is -3.55. The fourth-order valence-corrected chi connectivity index (χ4v) is 2.90. The normalized spacial score (nSPS) is 11.3. The van der Waals surface area contributed by atoms with Crippen molar-refractivity contribution in [1.29, 1.82) is 0 Å². The molecule has 0 saturated heterocycles. The number of benzene rings is 3. The minimum atomic E-state index is -4.91. The third-order valence-electron chi connectivity index (χ3n) is 4.48. The number of alkyl halides is 3. The summed E-state index contributed by atoms with van der Waals surface area (Å²) in [4.78, 5) is 24.4. The summed E-state index contributed by atoms with van der Waals surface area (Å²) in [7, 11) is 0. The van der Waals surface area contributed by atoms with Gasteiger partial charge in [-0.15, -0.1) is 0 Å². The molecule has 0 unspecified atom stereocenters. The van der Waals surface area contributed by atoms with E-state index in [9.17, 15) is 44.7 Å². The first-order valence-corrected chi connectivity index (χ1v) is 9.27. The van der Waals surface area contributed by atoms with Gasteiger partial charge in [-0.1, -0.05) is 18.2 Å². The highest BCUT2D eigenvalue weighted by molar-refractivity contribution is 6.04. The third-order valence-corrected chi connectivity index (χ3v) is 4.48. The van der Waals surface area contributed by atoms with E-state index in [-0.39, 0.29) is 11.3 Å². The predicted molar refractivity (Wildman–Crippen MR) is 104 cm³/mol. The van der Waals surface area contributed by atoms with Gasteiger partial charge in [0.1, 0.15) is 0 Å². The maximum atomic E-state index is 13.8. The molecule has 0 aliphatic heterocycles. The van der Waals surface area contributed by atoms with E-state index in [1.807, 2.05) is 5.32 Å². The standard InChI is InChI=1S/C22H12F8N2O2/c23-16-14(17(24)19(26)20(27)18(16)25)9-15(33)31-12-6-11(22(28,29)30)7-13(8-12)32-21(34)10-4-2-1-3-5-10/h1-8H,9H2,(H,31,33)(H,32,34). The van der Waals surface area contributed by atoms with Crippen molar-refractivity contribution in [2.45, 2.75) is 12.6 Å². The number of amides is 2. The Balaban J connectivity index is 1.89. The SMILES string of the molecule is O=C(Cc1c(F)c(F)c(F)c(F)c1F)Nc1cc(NC(=O)c2ccccc2)cc(C(F)(F)F)c1. The van der Waals surface area contributed by atoms with Gasteiger partial charge in [0.15, 0.2) is 23.3 Å². The molecule has 2 amide bonds. The molecule has 0 fully saturated rings. The van der Waals surface area contributed by atoms with Crippen LogP contribution in [0.25, 0.3) is 0 Å².